The number of halogens is 1. The number of nitrogens with one attached hydrogen (secondary N) is 1. The van der Waals surface area contributed by atoms with Gasteiger partial charge in [0.2, 0.25) is 0 Å². The summed E-state index contributed by atoms with van der Waals surface area (Å²) in [5, 5.41) is 7.71. The maximum absolute atomic E-state index is 11.2. The first kappa shape index (κ1) is 9.91. The standard InChI is InChI=1S/C8H7IN2O2S/c1-14(12,13)5-2-3-6-7(4-5)10-11-8(6)9/h2-4H,1H3,(H,10,11). The third kappa shape index (κ3) is 1.63. The molecule has 0 fully saturated rings. The minimum Gasteiger partial charge on any atom is -0.277 e. The van der Waals surface area contributed by atoms with Crippen molar-refractivity contribution < 1.29 is 8.42 Å². The van der Waals surface area contributed by atoms with E-state index in [0.717, 1.165) is 14.6 Å². The van der Waals surface area contributed by atoms with Crippen molar-refractivity contribution in [1.82, 2.24) is 10.2 Å². The van der Waals surface area contributed by atoms with Crippen LogP contribution in [-0.4, -0.2) is 24.9 Å². The highest BCUT2D eigenvalue weighted by atomic mass is 127. The molecule has 0 bridgehead atoms. The Kier molecular flexibility index (Phi) is 2.26. The second-order valence-electron chi connectivity index (χ2n) is 2.99. The number of hydrogen-bond donors (Lipinski definition) is 1. The van der Waals surface area contributed by atoms with Crippen molar-refractivity contribution in [2.75, 3.05) is 6.26 Å². The molecule has 0 aliphatic rings. The number of aromatic nitrogens is 2. The lowest BCUT2D eigenvalue weighted by atomic mass is 10.3. The van der Waals surface area contributed by atoms with E-state index in [4.69, 9.17) is 0 Å². The molecule has 0 spiro atoms. The minimum atomic E-state index is -3.14. The molecule has 0 saturated heterocycles. The lowest BCUT2D eigenvalue weighted by Crippen LogP contribution is -1.96. The number of sulfone groups is 1. The number of nitrogens with zero attached hydrogens (tertiary/aromatic N) is 1. The zero-order valence-corrected chi connectivity index (χ0v) is 10.3. The highest BCUT2D eigenvalue weighted by molar-refractivity contribution is 14.1. The number of H-pyrrole nitrogens is 1. The van der Waals surface area contributed by atoms with Crippen LogP contribution in [0.5, 0.6) is 0 Å². The molecule has 0 aliphatic heterocycles. The van der Waals surface area contributed by atoms with Crippen LogP contribution in [0.25, 0.3) is 10.9 Å². The smallest absolute Gasteiger partial charge is 0.175 e. The van der Waals surface area contributed by atoms with Gasteiger partial charge in [0.15, 0.2) is 9.84 Å². The van der Waals surface area contributed by atoms with Crippen molar-refractivity contribution in [2.45, 2.75) is 4.90 Å². The Morgan fingerprint density at radius 3 is 2.79 bits per heavy atom. The SMILES string of the molecule is CS(=O)(=O)c1ccc2c(I)n[nH]c2c1. The molecule has 2 rings (SSSR count). The molecule has 0 aliphatic carbocycles. The van der Waals surface area contributed by atoms with E-state index in [1.165, 1.54) is 6.26 Å². The number of aromatic amines is 1. The Morgan fingerprint density at radius 2 is 2.14 bits per heavy atom. The molecule has 4 nitrogen and oxygen atoms in total. The normalized spacial score (nSPS) is 12.1. The molecule has 14 heavy (non-hydrogen) atoms. The minimum absolute atomic E-state index is 0.310. The Morgan fingerprint density at radius 1 is 1.43 bits per heavy atom. The van der Waals surface area contributed by atoms with Crippen molar-refractivity contribution in [3.63, 3.8) is 0 Å². The van der Waals surface area contributed by atoms with Gasteiger partial charge < -0.3 is 0 Å². The third-order valence-electron chi connectivity index (χ3n) is 1.92. The summed E-state index contributed by atoms with van der Waals surface area (Å²) in [4.78, 5) is 0.310. The summed E-state index contributed by atoms with van der Waals surface area (Å²) in [6.07, 6.45) is 1.19. The van der Waals surface area contributed by atoms with Gasteiger partial charge in [-0.1, -0.05) is 0 Å². The third-order valence-corrected chi connectivity index (χ3v) is 3.85. The van der Waals surface area contributed by atoms with Gasteiger partial charge in [-0.25, -0.2) is 8.42 Å². The molecule has 0 saturated carbocycles. The van der Waals surface area contributed by atoms with Gasteiger partial charge in [-0.15, -0.1) is 0 Å². The molecule has 0 unspecified atom stereocenters. The van der Waals surface area contributed by atoms with Crippen molar-refractivity contribution in [3.8, 4) is 0 Å². The van der Waals surface area contributed by atoms with E-state index >= 15 is 0 Å². The van der Waals surface area contributed by atoms with Crippen molar-refractivity contribution in [3.05, 3.63) is 21.9 Å². The van der Waals surface area contributed by atoms with Gasteiger partial charge in [-0.3, -0.25) is 5.10 Å². The summed E-state index contributed by atoms with van der Waals surface area (Å²) in [6.45, 7) is 0. The number of hydrogen-bond acceptors (Lipinski definition) is 3. The summed E-state index contributed by atoms with van der Waals surface area (Å²) in [5.74, 6) is 0. The monoisotopic (exact) mass is 322 g/mol. The van der Waals surface area contributed by atoms with Crippen molar-refractivity contribution >= 4 is 43.3 Å². The predicted molar refractivity (Wildman–Crippen MR) is 61.9 cm³/mol. The van der Waals surface area contributed by atoms with Crippen LogP contribution in [0.1, 0.15) is 0 Å². The van der Waals surface area contributed by atoms with Gasteiger partial charge >= 0.3 is 0 Å². The molecule has 0 amide bonds. The molecule has 0 radical (unpaired) electrons. The van der Waals surface area contributed by atoms with Gasteiger partial charge in [0, 0.05) is 11.6 Å². The Hall–Kier alpha value is -0.630. The summed E-state index contributed by atoms with van der Waals surface area (Å²) in [7, 11) is -3.14. The summed E-state index contributed by atoms with van der Waals surface area (Å²) in [5.41, 5.74) is 0.748. The van der Waals surface area contributed by atoms with Gasteiger partial charge in [0.05, 0.1) is 10.4 Å². The first-order valence-electron chi connectivity index (χ1n) is 3.82. The van der Waals surface area contributed by atoms with Gasteiger partial charge in [-0.2, -0.15) is 5.10 Å². The van der Waals surface area contributed by atoms with Crippen molar-refractivity contribution in [1.29, 1.82) is 0 Å². The van der Waals surface area contributed by atoms with E-state index in [1.54, 1.807) is 18.2 Å². The fraction of sp³-hybridized carbons (Fsp3) is 0.125. The van der Waals surface area contributed by atoms with E-state index in [9.17, 15) is 8.42 Å². The number of rotatable bonds is 1. The number of fused-ring (bicyclic) bond motifs is 1. The Balaban J connectivity index is 2.76. The molecule has 2 aromatic rings. The van der Waals surface area contributed by atoms with Gasteiger partial charge in [-0.05, 0) is 40.8 Å². The van der Waals surface area contributed by atoms with E-state index in [0.29, 0.717) is 4.90 Å². The zero-order valence-electron chi connectivity index (χ0n) is 7.28. The lowest BCUT2D eigenvalue weighted by Gasteiger charge is -1.96. The lowest BCUT2D eigenvalue weighted by molar-refractivity contribution is 0.602. The molecule has 1 aromatic heterocycles. The van der Waals surface area contributed by atoms with E-state index < -0.39 is 9.84 Å². The summed E-state index contributed by atoms with van der Waals surface area (Å²) < 4.78 is 23.3. The van der Waals surface area contributed by atoms with Crippen LogP contribution in [0.3, 0.4) is 0 Å². The summed E-state index contributed by atoms with van der Waals surface area (Å²) in [6, 6.07) is 4.95. The second kappa shape index (κ2) is 3.20. The molecule has 1 aromatic carbocycles. The highest BCUT2D eigenvalue weighted by Crippen LogP contribution is 2.20. The molecule has 1 N–H and O–H groups in total. The molecule has 6 heteroatoms. The highest BCUT2D eigenvalue weighted by Gasteiger charge is 2.09. The van der Waals surface area contributed by atoms with E-state index in [-0.39, 0.29) is 0 Å². The molecular formula is C8H7IN2O2S. The molecule has 0 atom stereocenters. The first-order valence-corrected chi connectivity index (χ1v) is 6.79. The maximum Gasteiger partial charge on any atom is 0.175 e. The quantitative estimate of drug-likeness (QED) is 0.811. The fourth-order valence-electron chi connectivity index (χ4n) is 1.20. The van der Waals surface area contributed by atoms with Crippen LogP contribution in [0.2, 0.25) is 0 Å². The molecule has 1 heterocycles. The topological polar surface area (TPSA) is 62.8 Å². The van der Waals surface area contributed by atoms with E-state index in [2.05, 4.69) is 32.8 Å². The maximum atomic E-state index is 11.2. The predicted octanol–water partition coefficient (Wildman–Crippen LogP) is 1.57. The zero-order chi connectivity index (χ0) is 10.3. The first-order chi connectivity index (χ1) is 6.48. The van der Waals surface area contributed by atoms with Crippen LogP contribution < -0.4 is 0 Å². The van der Waals surface area contributed by atoms with Crippen LogP contribution in [0.15, 0.2) is 23.1 Å². The van der Waals surface area contributed by atoms with Crippen molar-refractivity contribution in [2.24, 2.45) is 0 Å². The largest absolute Gasteiger partial charge is 0.277 e. The fourth-order valence-corrected chi connectivity index (χ4v) is 2.43. The van der Waals surface area contributed by atoms with Crippen LogP contribution in [0.4, 0.5) is 0 Å². The number of benzene rings is 1. The molecular weight excluding hydrogens is 315 g/mol. The summed E-state index contributed by atoms with van der Waals surface area (Å²) >= 11 is 2.09. The van der Waals surface area contributed by atoms with Gasteiger partial charge in [0.1, 0.15) is 3.70 Å². The average Bonchev–Trinajstić information content (AvgIpc) is 2.46. The van der Waals surface area contributed by atoms with Crippen LogP contribution >= 0.6 is 22.6 Å². The van der Waals surface area contributed by atoms with Gasteiger partial charge in [0.25, 0.3) is 0 Å². The van der Waals surface area contributed by atoms with Crippen LogP contribution in [0, 0.1) is 3.70 Å². The Labute approximate surface area is 94.8 Å². The van der Waals surface area contributed by atoms with Crippen LogP contribution in [-0.2, 0) is 9.84 Å². The Bertz CT molecular complexity index is 588. The average molecular weight is 322 g/mol. The second-order valence-corrected chi connectivity index (χ2v) is 6.03. The molecule has 74 valence electrons. The van der Waals surface area contributed by atoms with E-state index in [1.807, 2.05) is 0 Å².